The Hall–Kier alpha value is -0.640. The summed E-state index contributed by atoms with van der Waals surface area (Å²) in [7, 11) is 0. The fraction of sp³-hybridized carbons (Fsp3) is 0.538. The summed E-state index contributed by atoms with van der Waals surface area (Å²) in [5, 5.41) is 0.236. The highest BCUT2D eigenvalue weighted by Crippen LogP contribution is 2.23. The average molecular weight is 257 g/mol. The third kappa shape index (κ3) is 2.97. The molecule has 0 aromatic heterocycles. The average Bonchev–Trinajstić information content (AvgIpc) is 2.30. The molecule has 2 atom stereocenters. The Morgan fingerprint density at radius 1 is 1.53 bits per heavy atom. The smallest absolute Gasteiger partial charge is 0.142 e. The highest BCUT2D eigenvalue weighted by atomic mass is 35.5. The SMILES string of the molecule is CC1CCN(Cc2cccc(F)c2Cl)CC1N. The summed E-state index contributed by atoms with van der Waals surface area (Å²) in [6.07, 6.45) is 1.09. The van der Waals surface area contributed by atoms with Crippen LogP contribution in [0.25, 0.3) is 0 Å². The van der Waals surface area contributed by atoms with Crippen LogP contribution in [0.3, 0.4) is 0 Å². The summed E-state index contributed by atoms with van der Waals surface area (Å²) >= 11 is 5.94. The minimum absolute atomic E-state index is 0.205. The Labute approximate surface area is 107 Å². The molecule has 4 heteroatoms. The van der Waals surface area contributed by atoms with Crippen molar-refractivity contribution in [2.75, 3.05) is 13.1 Å². The summed E-state index contributed by atoms with van der Waals surface area (Å²) in [5.74, 6) is 0.216. The lowest BCUT2D eigenvalue weighted by Gasteiger charge is -2.35. The van der Waals surface area contributed by atoms with E-state index in [0.29, 0.717) is 12.5 Å². The molecule has 2 nitrogen and oxygen atoms in total. The van der Waals surface area contributed by atoms with Gasteiger partial charge in [0.25, 0.3) is 0 Å². The van der Waals surface area contributed by atoms with Gasteiger partial charge >= 0.3 is 0 Å². The lowest BCUT2D eigenvalue weighted by molar-refractivity contribution is 0.162. The molecule has 0 spiro atoms. The third-order valence-electron chi connectivity index (χ3n) is 3.53. The molecule has 94 valence electrons. The number of likely N-dealkylation sites (tertiary alicyclic amines) is 1. The zero-order valence-corrected chi connectivity index (χ0v) is 10.8. The van der Waals surface area contributed by atoms with Gasteiger partial charge in [-0.3, -0.25) is 4.90 Å². The van der Waals surface area contributed by atoms with E-state index >= 15 is 0 Å². The van der Waals surface area contributed by atoms with E-state index in [0.717, 1.165) is 25.1 Å². The monoisotopic (exact) mass is 256 g/mol. The van der Waals surface area contributed by atoms with Crippen molar-refractivity contribution in [3.8, 4) is 0 Å². The Kier molecular flexibility index (Phi) is 4.02. The van der Waals surface area contributed by atoms with Crippen molar-refractivity contribution >= 4 is 11.6 Å². The molecule has 1 fully saturated rings. The predicted molar refractivity (Wildman–Crippen MR) is 68.4 cm³/mol. The van der Waals surface area contributed by atoms with E-state index in [1.54, 1.807) is 6.07 Å². The van der Waals surface area contributed by atoms with Gasteiger partial charge in [0.2, 0.25) is 0 Å². The molecule has 1 saturated heterocycles. The Morgan fingerprint density at radius 3 is 3.00 bits per heavy atom. The second-order valence-corrected chi connectivity index (χ2v) is 5.26. The molecule has 1 aliphatic rings. The number of hydrogen-bond donors (Lipinski definition) is 1. The molecule has 1 aromatic carbocycles. The Bertz CT molecular complexity index is 397. The molecular formula is C13H18ClFN2. The first kappa shape index (κ1) is 12.8. The Morgan fingerprint density at radius 2 is 2.29 bits per heavy atom. The quantitative estimate of drug-likeness (QED) is 0.882. The number of benzene rings is 1. The van der Waals surface area contributed by atoms with Crippen LogP contribution in [0.1, 0.15) is 18.9 Å². The number of nitrogens with two attached hydrogens (primary N) is 1. The van der Waals surface area contributed by atoms with Crippen molar-refractivity contribution in [3.63, 3.8) is 0 Å². The van der Waals surface area contributed by atoms with Crippen LogP contribution in [0.5, 0.6) is 0 Å². The zero-order valence-electron chi connectivity index (χ0n) is 10.00. The molecule has 2 unspecified atom stereocenters. The fourth-order valence-corrected chi connectivity index (χ4v) is 2.41. The second-order valence-electron chi connectivity index (χ2n) is 4.88. The standard InChI is InChI=1S/C13H18ClFN2/c1-9-5-6-17(8-12(9)16)7-10-3-2-4-11(15)13(10)14/h2-4,9,12H,5-8,16H2,1H3. The molecule has 2 rings (SSSR count). The molecule has 0 bridgehead atoms. The topological polar surface area (TPSA) is 29.3 Å². The summed E-state index contributed by atoms with van der Waals surface area (Å²) < 4.78 is 13.3. The summed E-state index contributed by atoms with van der Waals surface area (Å²) in [6, 6.07) is 5.16. The number of hydrogen-bond acceptors (Lipinski definition) is 2. The van der Waals surface area contributed by atoms with Gasteiger partial charge in [0.1, 0.15) is 5.82 Å². The second kappa shape index (κ2) is 5.34. The van der Waals surface area contributed by atoms with E-state index in [-0.39, 0.29) is 16.9 Å². The van der Waals surface area contributed by atoms with E-state index in [2.05, 4.69) is 11.8 Å². The normalized spacial score (nSPS) is 26.1. The lowest BCUT2D eigenvalue weighted by Crippen LogP contribution is -2.47. The summed E-state index contributed by atoms with van der Waals surface area (Å²) in [4.78, 5) is 2.24. The first-order valence-corrected chi connectivity index (χ1v) is 6.36. The number of nitrogens with zero attached hydrogens (tertiary/aromatic N) is 1. The molecule has 0 amide bonds. The number of rotatable bonds is 2. The van der Waals surface area contributed by atoms with E-state index in [4.69, 9.17) is 17.3 Å². The largest absolute Gasteiger partial charge is 0.326 e. The minimum atomic E-state index is -0.348. The molecular weight excluding hydrogens is 239 g/mol. The van der Waals surface area contributed by atoms with Gasteiger partial charge in [0.15, 0.2) is 0 Å². The predicted octanol–water partition coefficient (Wildman–Crippen LogP) is 2.65. The molecule has 0 saturated carbocycles. The fourth-order valence-electron chi connectivity index (χ4n) is 2.22. The van der Waals surface area contributed by atoms with Gasteiger partial charge in [-0.1, -0.05) is 30.7 Å². The maximum Gasteiger partial charge on any atom is 0.142 e. The van der Waals surface area contributed by atoms with Gasteiger partial charge in [0, 0.05) is 19.1 Å². The van der Waals surface area contributed by atoms with Crippen LogP contribution in [0.4, 0.5) is 4.39 Å². The third-order valence-corrected chi connectivity index (χ3v) is 3.95. The van der Waals surface area contributed by atoms with Gasteiger partial charge in [0.05, 0.1) is 5.02 Å². The van der Waals surface area contributed by atoms with E-state index in [1.165, 1.54) is 6.07 Å². The van der Waals surface area contributed by atoms with Crippen molar-refractivity contribution in [2.24, 2.45) is 11.7 Å². The maximum atomic E-state index is 13.3. The highest BCUT2D eigenvalue weighted by molar-refractivity contribution is 6.31. The van der Waals surface area contributed by atoms with E-state index < -0.39 is 0 Å². The Balaban J connectivity index is 2.04. The first-order valence-electron chi connectivity index (χ1n) is 5.98. The van der Waals surface area contributed by atoms with Crippen molar-refractivity contribution in [2.45, 2.75) is 25.9 Å². The van der Waals surface area contributed by atoms with E-state index in [9.17, 15) is 4.39 Å². The van der Waals surface area contributed by atoms with Gasteiger partial charge in [-0.25, -0.2) is 4.39 Å². The highest BCUT2D eigenvalue weighted by Gasteiger charge is 2.23. The zero-order chi connectivity index (χ0) is 12.4. The molecule has 0 radical (unpaired) electrons. The van der Waals surface area contributed by atoms with Crippen molar-refractivity contribution < 1.29 is 4.39 Å². The van der Waals surface area contributed by atoms with Gasteiger partial charge < -0.3 is 5.73 Å². The van der Waals surface area contributed by atoms with Crippen LogP contribution in [-0.4, -0.2) is 24.0 Å². The van der Waals surface area contributed by atoms with E-state index in [1.807, 2.05) is 6.07 Å². The number of piperidine rings is 1. The summed E-state index contributed by atoms with van der Waals surface area (Å²) in [6.45, 7) is 4.71. The van der Waals surface area contributed by atoms with Crippen molar-refractivity contribution in [1.29, 1.82) is 0 Å². The van der Waals surface area contributed by atoms with Crippen LogP contribution in [0, 0.1) is 11.7 Å². The molecule has 1 aliphatic heterocycles. The molecule has 1 heterocycles. The van der Waals surface area contributed by atoms with Gasteiger partial charge in [-0.05, 0) is 30.5 Å². The summed E-state index contributed by atoms with van der Waals surface area (Å²) in [5.41, 5.74) is 6.88. The molecule has 17 heavy (non-hydrogen) atoms. The van der Waals surface area contributed by atoms with Gasteiger partial charge in [-0.2, -0.15) is 0 Å². The van der Waals surface area contributed by atoms with Crippen LogP contribution < -0.4 is 5.73 Å². The molecule has 0 aliphatic carbocycles. The van der Waals surface area contributed by atoms with Crippen molar-refractivity contribution in [1.82, 2.24) is 4.90 Å². The van der Waals surface area contributed by atoms with Gasteiger partial charge in [-0.15, -0.1) is 0 Å². The lowest BCUT2D eigenvalue weighted by atomic mass is 9.94. The maximum absolute atomic E-state index is 13.3. The van der Waals surface area contributed by atoms with Crippen molar-refractivity contribution in [3.05, 3.63) is 34.6 Å². The minimum Gasteiger partial charge on any atom is -0.326 e. The van der Waals surface area contributed by atoms with Crippen LogP contribution in [0.15, 0.2) is 18.2 Å². The van der Waals surface area contributed by atoms with Crippen LogP contribution in [0.2, 0.25) is 5.02 Å². The molecule has 1 aromatic rings. The van der Waals surface area contributed by atoms with Crippen LogP contribution >= 0.6 is 11.6 Å². The van der Waals surface area contributed by atoms with Crippen LogP contribution in [-0.2, 0) is 6.54 Å². The molecule has 2 N–H and O–H groups in total. The number of halogens is 2. The first-order chi connectivity index (χ1) is 8.08.